The van der Waals surface area contributed by atoms with Gasteiger partial charge in [0.25, 0.3) is 0 Å². The Balaban J connectivity index is 1.95. The molecule has 0 fully saturated rings. The zero-order valence-corrected chi connectivity index (χ0v) is 13.2. The lowest BCUT2D eigenvalue weighted by atomic mass is 10.1. The zero-order valence-electron chi connectivity index (χ0n) is 13.2. The first kappa shape index (κ1) is 14.3. The second kappa shape index (κ2) is 6.04. The van der Waals surface area contributed by atoms with Gasteiger partial charge in [-0.3, -0.25) is 14.5 Å². The van der Waals surface area contributed by atoms with Gasteiger partial charge in [0.05, 0.1) is 5.69 Å². The van der Waals surface area contributed by atoms with E-state index in [-0.39, 0.29) is 0 Å². The lowest BCUT2D eigenvalue weighted by molar-refractivity contribution is 1.05. The Labute approximate surface area is 139 Å². The molecular formula is C19H15N5. The molecule has 5 nitrogen and oxygen atoms in total. The van der Waals surface area contributed by atoms with Crippen molar-refractivity contribution in [1.29, 1.82) is 0 Å². The van der Waals surface area contributed by atoms with Gasteiger partial charge in [0.2, 0.25) is 0 Å². The maximum Gasteiger partial charge on any atom is 0.187 e. The van der Waals surface area contributed by atoms with E-state index in [4.69, 9.17) is 0 Å². The largest absolute Gasteiger partial charge is 0.274 e. The first-order valence-electron chi connectivity index (χ1n) is 7.67. The highest BCUT2D eigenvalue weighted by atomic mass is 15.3. The Morgan fingerprint density at radius 1 is 0.750 bits per heavy atom. The molecular weight excluding hydrogens is 298 g/mol. The number of benzene rings is 1. The number of hydrogen-bond donors (Lipinski definition) is 0. The van der Waals surface area contributed by atoms with Gasteiger partial charge in [-0.25, -0.2) is 0 Å². The van der Waals surface area contributed by atoms with E-state index in [1.807, 2.05) is 34.9 Å². The first-order valence-corrected chi connectivity index (χ1v) is 7.67. The second-order valence-electron chi connectivity index (χ2n) is 5.47. The third kappa shape index (κ3) is 2.56. The predicted molar refractivity (Wildman–Crippen MR) is 92.6 cm³/mol. The van der Waals surface area contributed by atoms with E-state index in [0.717, 1.165) is 22.8 Å². The van der Waals surface area contributed by atoms with Crippen molar-refractivity contribution >= 4 is 0 Å². The number of nitrogens with zero attached hydrogens (tertiary/aromatic N) is 5. The Bertz CT molecular complexity index is 944. The van der Waals surface area contributed by atoms with E-state index in [0.29, 0.717) is 5.82 Å². The molecule has 0 aliphatic carbocycles. The Kier molecular flexibility index (Phi) is 3.59. The van der Waals surface area contributed by atoms with Gasteiger partial charge in [0.1, 0.15) is 5.69 Å². The van der Waals surface area contributed by atoms with Gasteiger partial charge in [-0.2, -0.15) is 0 Å². The minimum atomic E-state index is 0.706. The van der Waals surface area contributed by atoms with Crippen LogP contribution in [0.2, 0.25) is 0 Å². The summed E-state index contributed by atoms with van der Waals surface area (Å²) >= 11 is 0. The third-order valence-electron chi connectivity index (χ3n) is 3.79. The van der Waals surface area contributed by atoms with Crippen LogP contribution in [0.1, 0.15) is 5.56 Å². The number of aromatic nitrogens is 5. The molecule has 0 aliphatic heterocycles. The maximum absolute atomic E-state index is 4.42. The minimum absolute atomic E-state index is 0.706. The van der Waals surface area contributed by atoms with Crippen LogP contribution in [-0.4, -0.2) is 24.7 Å². The average Bonchev–Trinajstić information content (AvgIpc) is 3.09. The van der Waals surface area contributed by atoms with E-state index < -0.39 is 0 Å². The standard InChI is InChI=1S/C19H15N5/c1-14-5-7-15(8-6-14)18-22-23-19(17-4-2-3-11-21-17)24(18)16-9-12-20-13-10-16/h2-13H,1H3. The van der Waals surface area contributed by atoms with Crippen LogP contribution in [0.4, 0.5) is 0 Å². The first-order chi connectivity index (χ1) is 11.8. The lowest BCUT2D eigenvalue weighted by Crippen LogP contribution is -2.01. The summed E-state index contributed by atoms with van der Waals surface area (Å²) in [5, 5.41) is 8.81. The van der Waals surface area contributed by atoms with Crippen molar-refractivity contribution < 1.29 is 0 Å². The van der Waals surface area contributed by atoms with Crippen LogP contribution >= 0.6 is 0 Å². The lowest BCUT2D eigenvalue weighted by Gasteiger charge is -2.10. The van der Waals surface area contributed by atoms with Crippen LogP contribution in [0, 0.1) is 6.92 Å². The van der Waals surface area contributed by atoms with E-state index in [9.17, 15) is 0 Å². The van der Waals surface area contributed by atoms with Gasteiger partial charge in [-0.15, -0.1) is 10.2 Å². The summed E-state index contributed by atoms with van der Waals surface area (Å²) in [6.45, 7) is 2.07. The van der Waals surface area contributed by atoms with Crippen LogP contribution in [0.5, 0.6) is 0 Å². The third-order valence-corrected chi connectivity index (χ3v) is 3.79. The smallest absolute Gasteiger partial charge is 0.187 e. The predicted octanol–water partition coefficient (Wildman–Crippen LogP) is 3.70. The van der Waals surface area contributed by atoms with Gasteiger partial charge in [0.15, 0.2) is 11.6 Å². The molecule has 4 aromatic rings. The molecule has 0 spiro atoms. The number of pyridine rings is 2. The van der Waals surface area contributed by atoms with Crippen molar-refractivity contribution in [1.82, 2.24) is 24.7 Å². The van der Waals surface area contributed by atoms with Crippen LogP contribution in [-0.2, 0) is 0 Å². The van der Waals surface area contributed by atoms with Crippen molar-refractivity contribution in [3.8, 4) is 28.6 Å². The van der Waals surface area contributed by atoms with Crippen molar-refractivity contribution in [3.05, 3.63) is 78.8 Å². The number of rotatable bonds is 3. The molecule has 24 heavy (non-hydrogen) atoms. The summed E-state index contributed by atoms with van der Waals surface area (Å²) in [4.78, 5) is 8.52. The van der Waals surface area contributed by atoms with Crippen molar-refractivity contribution in [3.63, 3.8) is 0 Å². The molecule has 0 N–H and O–H groups in total. The van der Waals surface area contributed by atoms with Gasteiger partial charge < -0.3 is 0 Å². The van der Waals surface area contributed by atoms with Crippen molar-refractivity contribution in [2.75, 3.05) is 0 Å². The summed E-state index contributed by atoms with van der Waals surface area (Å²) in [5.41, 5.74) is 3.94. The number of aryl methyl sites for hydroxylation is 1. The molecule has 0 bridgehead atoms. The monoisotopic (exact) mass is 313 g/mol. The van der Waals surface area contributed by atoms with Crippen LogP contribution in [0.25, 0.3) is 28.6 Å². The second-order valence-corrected chi connectivity index (χ2v) is 5.47. The molecule has 0 unspecified atom stereocenters. The van der Waals surface area contributed by atoms with Gasteiger partial charge in [-0.1, -0.05) is 35.9 Å². The van der Waals surface area contributed by atoms with Gasteiger partial charge in [-0.05, 0) is 31.2 Å². The van der Waals surface area contributed by atoms with Crippen LogP contribution in [0.15, 0.2) is 73.2 Å². The highest BCUT2D eigenvalue weighted by Crippen LogP contribution is 2.27. The molecule has 3 heterocycles. The highest BCUT2D eigenvalue weighted by molar-refractivity contribution is 5.64. The molecule has 0 amide bonds. The highest BCUT2D eigenvalue weighted by Gasteiger charge is 2.17. The maximum atomic E-state index is 4.42. The molecule has 0 aliphatic rings. The fraction of sp³-hybridized carbons (Fsp3) is 0.0526. The van der Waals surface area contributed by atoms with E-state index in [1.54, 1.807) is 18.6 Å². The fourth-order valence-corrected chi connectivity index (χ4v) is 2.57. The molecule has 0 saturated carbocycles. The molecule has 3 aromatic heterocycles. The van der Waals surface area contributed by atoms with Crippen molar-refractivity contribution in [2.45, 2.75) is 6.92 Å². The average molecular weight is 313 g/mol. The Morgan fingerprint density at radius 2 is 1.50 bits per heavy atom. The number of hydrogen-bond acceptors (Lipinski definition) is 4. The van der Waals surface area contributed by atoms with Crippen LogP contribution in [0.3, 0.4) is 0 Å². The molecule has 0 saturated heterocycles. The molecule has 0 radical (unpaired) electrons. The molecule has 5 heteroatoms. The van der Waals surface area contributed by atoms with Gasteiger partial charge >= 0.3 is 0 Å². The normalized spacial score (nSPS) is 10.7. The fourth-order valence-electron chi connectivity index (χ4n) is 2.57. The summed E-state index contributed by atoms with van der Waals surface area (Å²) in [6.07, 6.45) is 5.28. The SMILES string of the molecule is Cc1ccc(-c2nnc(-c3ccccn3)n2-c2ccncc2)cc1. The van der Waals surface area contributed by atoms with Crippen LogP contribution < -0.4 is 0 Å². The van der Waals surface area contributed by atoms with E-state index in [2.05, 4.69) is 51.4 Å². The summed E-state index contributed by atoms with van der Waals surface area (Å²) in [7, 11) is 0. The summed E-state index contributed by atoms with van der Waals surface area (Å²) in [5.74, 6) is 1.49. The van der Waals surface area contributed by atoms with Crippen molar-refractivity contribution in [2.24, 2.45) is 0 Å². The van der Waals surface area contributed by atoms with E-state index >= 15 is 0 Å². The quantitative estimate of drug-likeness (QED) is 0.578. The van der Waals surface area contributed by atoms with E-state index in [1.165, 1.54) is 5.56 Å². The minimum Gasteiger partial charge on any atom is -0.274 e. The molecule has 1 aromatic carbocycles. The Morgan fingerprint density at radius 3 is 2.21 bits per heavy atom. The molecule has 0 atom stereocenters. The summed E-state index contributed by atoms with van der Waals surface area (Å²) in [6, 6.07) is 17.9. The zero-order chi connectivity index (χ0) is 16.4. The molecule has 116 valence electrons. The Hall–Kier alpha value is -3.34. The van der Waals surface area contributed by atoms with Gasteiger partial charge in [0, 0.05) is 24.2 Å². The summed E-state index contributed by atoms with van der Waals surface area (Å²) < 4.78 is 2.01. The topological polar surface area (TPSA) is 56.5 Å². The molecule has 4 rings (SSSR count).